The zero-order valence-corrected chi connectivity index (χ0v) is 18.3. The van der Waals surface area contributed by atoms with E-state index in [9.17, 15) is 22.3 Å². The summed E-state index contributed by atoms with van der Waals surface area (Å²) in [5.74, 6) is -0.738. The van der Waals surface area contributed by atoms with Gasteiger partial charge in [0.05, 0.1) is 24.1 Å². The summed E-state index contributed by atoms with van der Waals surface area (Å²) >= 11 is 0. The highest BCUT2D eigenvalue weighted by Crippen LogP contribution is 2.40. The first kappa shape index (κ1) is 22.1. The highest BCUT2D eigenvalue weighted by molar-refractivity contribution is 7.84. The van der Waals surface area contributed by atoms with Crippen LogP contribution < -0.4 is 10.5 Å². The third-order valence-electron chi connectivity index (χ3n) is 6.57. The van der Waals surface area contributed by atoms with E-state index >= 15 is 0 Å². The van der Waals surface area contributed by atoms with Gasteiger partial charge in [0, 0.05) is 23.7 Å². The molecular weight excluding hydrogens is 456 g/mol. The molecule has 0 aliphatic heterocycles. The Morgan fingerprint density at radius 1 is 1.21 bits per heavy atom. The Kier molecular flexibility index (Phi) is 5.55. The molecule has 2 aromatic heterocycles. The molecule has 9 nitrogen and oxygen atoms in total. The van der Waals surface area contributed by atoms with Crippen molar-refractivity contribution in [3.63, 3.8) is 0 Å². The molecular formula is C21H23F2N5O4S. The van der Waals surface area contributed by atoms with Crippen molar-refractivity contribution in [2.75, 3.05) is 11.9 Å². The smallest absolute Gasteiger partial charge is 0.333 e. The van der Waals surface area contributed by atoms with Crippen molar-refractivity contribution < 1.29 is 26.5 Å². The zero-order valence-electron chi connectivity index (χ0n) is 17.5. The maximum Gasteiger partial charge on any atom is 0.333 e. The second-order valence-corrected chi connectivity index (χ2v) is 9.79. The number of hydrogen-bond acceptors (Lipinski definition) is 7. The Balaban J connectivity index is 1.39. The summed E-state index contributed by atoms with van der Waals surface area (Å²) in [6.45, 7) is -0.194. The largest absolute Gasteiger partial charge is 0.393 e. The number of nitrogens with two attached hydrogens (primary N) is 1. The number of aromatic nitrogens is 3. The minimum absolute atomic E-state index is 0.131. The van der Waals surface area contributed by atoms with Gasteiger partial charge in [0.1, 0.15) is 29.4 Å². The monoisotopic (exact) mass is 479 g/mol. The van der Waals surface area contributed by atoms with E-state index in [0.717, 1.165) is 12.1 Å². The van der Waals surface area contributed by atoms with Crippen molar-refractivity contribution in [1.29, 1.82) is 0 Å². The van der Waals surface area contributed by atoms with Crippen molar-refractivity contribution >= 4 is 27.2 Å². The Bertz CT molecular complexity index is 1320. The number of aliphatic hydroxyl groups excluding tert-OH is 1. The van der Waals surface area contributed by atoms with Gasteiger partial charge >= 0.3 is 10.3 Å². The minimum atomic E-state index is -4.08. The van der Waals surface area contributed by atoms with Gasteiger partial charge in [-0.3, -0.25) is 4.18 Å². The molecule has 12 heteroatoms. The lowest BCUT2D eigenvalue weighted by atomic mass is 10.1. The van der Waals surface area contributed by atoms with Gasteiger partial charge in [-0.05, 0) is 49.4 Å². The summed E-state index contributed by atoms with van der Waals surface area (Å²) in [7, 11) is -4.08. The fourth-order valence-electron chi connectivity index (χ4n) is 5.03. The Morgan fingerprint density at radius 2 is 2.00 bits per heavy atom. The van der Waals surface area contributed by atoms with Crippen LogP contribution in [-0.2, 0) is 20.9 Å². The number of aliphatic hydroxyl groups is 1. The first-order valence-corrected chi connectivity index (χ1v) is 12.1. The van der Waals surface area contributed by atoms with Crippen LogP contribution in [0.3, 0.4) is 0 Å². The van der Waals surface area contributed by atoms with E-state index in [1.165, 1.54) is 6.33 Å². The van der Waals surface area contributed by atoms with E-state index in [4.69, 9.17) is 5.14 Å². The standard InChI is InChI=1S/C21H23F2N5O4S/c22-15-2-3-16(23)19-13(15)1-4-17(19)27-20-14-5-6-28(21(14)26-10-25-20)12-7-11(18(29)8-12)9-32-33(24,30)31/h2-3,5-6,10-12,17-18,29H,1,4,7-9H2,(H2,24,30,31)(H,25,26,27)/t11-,12?,17-,18-/m0/s1. The summed E-state index contributed by atoms with van der Waals surface area (Å²) in [6.07, 6.45) is 4.33. The molecule has 176 valence electrons. The van der Waals surface area contributed by atoms with Crippen molar-refractivity contribution in [3.8, 4) is 0 Å². The van der Waals surface area contributed by atoms with E-state index in [1.807, 2.05) is 16.8 Å². The van der Waals surface area contributed by atoms with Crippen LogP contribution in [0.1, 0.15) is 42.5 Å². The van der Waals surface area contributed by atoms with Gasteiger partial charge < -0.3 is 15.0 Å². The van der Waals surface area contributed by atoms with Crippen LogP contribution in [0.4, 0.5) is 14.6 Å². The molecule has 1 saturated carbocycles. The zero-order chi connectivity index (χ0) is 23.3. The van der Waals surface area contributed by atoms with Gasteiger partial charge in [-0.25, -0.2) is 23.9 Å². The molecule has 0 radical (unpaired) electrons. The van der Waals surface area contributed by atoms with Gasteiger partial charge in [-0.1, -0.05) is 0 Å². The number of nitrogens with zero attached hydrogens (tertiary/aromatic N) is 3. The minimum Gasteiger partial charge on any atom is -0.393 e. The quantitative estimate of drug-likeness (QED) is 0.494. The van der Waals surface area contributed by atoms with E-state index in [0.29, 0.717) is 53.7 Å². The first-order valence-electron chi connectivity index (χ1n) is 10.6. The van der Waals surface area contributed by atoms with Gasteiger partial charge in [0.25, 0.3) is 0 Å². The van der Waals surface area contributed by atoms with Crippen LogP contribution in [0.15, 0.2) is 30.7 Å². The summed E-state index contributed by atoms with van der Waals surface area (Å²) in [5.41, 5.74) is 1.34. The topological polar surface area (TPSA) is 132 Å². The summed E-state index contributed by atoms with van der Waals surface area (Å²) in [4.78, 5) is 8.70. The SMILES string of the molecule is NS(=O)(=O)OC[C@@H]1CC(n2ccc3c(N[C@H]4CCc5c(F)ccc(F)c54)ncnc32)C[C@@H]1O. The van der Waals surface area contributed by atoms with Gasteiger partial charge in [-0.2, -0.15) is 8.42 Å². The Hall–Kier alpha value is -2.67. The molecule has 33 heavy (non-hydrogen) atoms. The maximum atomic E-state index is 14.4. The third-order valence-corrected chi connectivity index (χ3v) is 7.04. The highest BCUT2D eigenvalue weighted by Gasteiger charge is 2.36. The molecule has 2 aliphatic carbocycles. The summed E-state index contributed by atoms with van der Waals surface area (Å²) < 4.78 is 57.3. The number of anilines is 1. The van der Waals surface area contributed by atoms with Gasteiger partial charge in [0.15, 0.2) is 0 Å². The molecule has 0 saturated heterocycles. The van der Waals surface area contributed by atoms with Crippen LogP contribution in [0.25, 0.3) is 11.0 Å². The molecule has 1 aromatic carbocycles. The van der Waals surface area contributed by atoms with Crippen LogP contribution >= 0.6 is 0 Å². The maximum absolute atomic E-state index is 14.4. The van der Waals surface area contributed by atoms with Crippen molar-refractivity contribution in [3.05, 3.63) is 53.5 Å². The molecule has 2 heterocycles. The second-order valence-electron chi connectivity index (χ2n) is 8.57. The molecule has 2 aliphatic rings. The number of nitrogens with one attached hydrogen (secondary N) is 1. The van der Waals surface area contributed by atoms with Gasteiger partial charge in [-0.15, -0.1) is 0 Å². The number of hydrogen-bond donors (Lipinski definition) is 3. The summed E-state index contributed by atoms with van der Waals surface area (Å²) in [6, 6.07) is 3.58. The van der Waals surface area contributed by atoms with Gasteiger partial charge in [0.2, 0.25) is 0 Å². The number of benzene rings is 1. The lowest BCUT2D eigenvalue weighted by Crippen LogP contribution is -2.24. The van der Waals surface area contributed by atoms with Crippen molar-refractivity contribution in [2.24, 2.45) is 11.1 Å². The highest BCUT2D eigenvalue weighted by atomic mass is 32.2. The molecule has 1 fully saturated rings. The van der Waals surface area contributed by atoms with E-state index < -0.39 is 40.0 Å². The average molecular weight is 480 g/mol. The molecule has 5 rings (SSSR count). The predicted octanol–water partition coefficient (Wildman–Crippen LogP) is 2.34. The number of fused-ring (bicyclic) bond motifs is 2. The van der Waals surface area contributed by atoms with Crippen LogP contribution in [0, 0.1) is 17.6 Å². The van der Waals surface area contributed by atoms with Crippen molar-refractivity contribution in [2.45, 2.75) is 43.9 Å². The third kappa shape index (κ3) is 4.19. The average Bonchev–Trinajstić information content (AvgIpc) is 3.46. The van der Waals surface area contributed by atoms with E-state index in [-0.39, 0.29) is 12.6 Å². The molecule has 4 atom stereocenters. The molecule has 0 spiro atoms. The predicted molar refractivity (Wildman–Crippen MR) is 115 cm³/mol. The molecule has 4 N–H and O–H groups in total. The molecule has 1 unspecified atom stereocenters. The van der Waals surface area contributed by atoms with Crippen LogP contribution in [-0.4, -0.2) is 40.8 Å². The first-order chi connectivity index (χ1) is 15.7. The lowest BCUT2D eigenvalue weighted by Gasteiger charge is -2.17. The lowest BCUT2D eigenvalue weighted by molar-refractivity contribution is 0.100. The van der Waals surface area contributed by atoms with Crippen LogP contribution in [0.5, 0.6) is 0 Å². The Morgan fingerprint density at radius 3 is 2.79 bits per heavy atom. The number of rotatable bonds is 6. The summed E-state index contributed by atoms with van der Waals surface area (Å²) in [5, 5.41) is 19.2. The normalized spacial score (nSPS) is 25.0. The number of halogens is 2. The fourth-order valence-corrected chi connectivity index (χ4v) is 5.39. The Labute approximate surface area is 188 Å². The van der Waals surface area contributed by atoms with E-state index in [1.54, 1.807) is 0 Å². The molecule has 0 bridgehead atoms. The molecule has 3 aromatic rings. The molecule has 0 amide bonds. The van der Waals surface area contributed by atoms with Crippen molar-refractivity contribution in [1.82, 2.24) is 14.5 Å². The fraction of sp³-hybridized carbons (Fsp3) is 0.429. The van der Waals surface area contributed by atoms with E-state index in [2.05, 4.69) is 19.5 Å². The second kappa shape index (κ2) is 8.28. The van der Waals surface area contributed by atoms with Crippen LogP contribution in [0.2, 0.25) is 0 Å².